The highest BCUT2D eigenvalue weighted by Crippen LogP contribution is 2.44. The van der Waals surface area contributed by atoms with Gasteiger partial charge < -0.3 is 9.84 Å². The number of hydrogen-bond acceptors (Lipinski definition) is 4. The van der Waals surface area contributed by atoms with Crippen LogP contribution in [0.15, 0.2) is 30.3 Å². The number of ether oxygens (including phenoxy) is 1. The molecule has 3 rings (SSSR count). The first kappa shape index (κ1) is 14.7. The van der Waals surface area contributed by atoms with Gasteiger partial charge in [-0.25, -0.2) is 4.98 Å². The molecule has 4 heteroatoms. The van der Waals surface area contributed by atoms with Crippen LogP contribution in [-0.4, -0.2) is 17.2 Å². The lowest BCUT2D eigenvalue weighted by Crippen LogP contribution is -2.24. The number of methoxy groups -OCH3 is 1. The molecule has 1 heterocycles. The molecule has 2 atom stereocenters. The molecule has 0 bridgehead atoms. The maximum absolute atomic E-state index is 10.4. The summed E-state index contributed by atoms with van der Waals surface area (Å²) in [6.07, 6.45) is 1.16. The van der Waals surface area contributed by atoms with Gasteiger partial charge in [0.2, 0.25) is 0 Å². The first-order valence-electron chi connectivity index (χ1n) is 7.25. The molecule has 2 unspecified atom stereocenters. The summed E-state index contributed by atoms with van der Waals surface area (Å²) in [5.41, 5.74) is 2.24. The second-order valence-electron chi connectivity index (χ2n) is 6.45. The summed E-state index contributed by atoms with van der Waals surface area (Å²) >= 11 is 1.59. The van der Waals surface area contributed by atoms with Gasteiger partial charge in [0.25, 0.3) is 0 Å². The SMILES string of the molecule is COC(c1ccccc1)c1nc2c(s1)C(O)CC(C)(C)C2. The van der Waals surface area contributed by atoms with Crippen molar-refractivity contribution in [1.82, 2.24) is 4.98 Å². The molecule has 0 aliphatic heterocycles. The van der Waals surface area contributed by atoms with Crippen LogP contribution >= 0.6 is 11.3 Å². The van der Waals surface area contributed by atoms with Gasteiger partial charge >= 0.3 is 0 Å². The molecule has 21 heavy (non-hydrogen) atoms. The standard InChI is InChI=1S/C17H21NO2S/c1-17(2)9-12-15(13(19)10-17)21-16(18-12)14(20-3)11-7-5-4-6-8-11/h4-8,13-14,19H,9-10H2,1-3H3. The number of thiazole rings is 1. The third-order valence-electron chi connectivity index (χ3n) is 4.00. The van der Waals surface area contributed by atoms with Crippen molar-refractivity contribution in [3.8, 4) is 0 Å². The van der Waals surface area contributed by atoms with E-state index < -0.39 is 6.10 Å². The lowest BCUT2D eigenvalue weighted by atomic mass is 9.77. The molecule has 3 nitrogen and oxygen atoms in total. The van der Waals surface area contributed by atoms with Crippen molar-refractivity contribution < 1.29 is 9.84 Å². The quantitative estimate of drug-likeness (QED) is 0.935. The highest BCUT2D eigenvalue weighted by atomic mass is 32.1. The van der Waals surface area contributed by atoms with Gasteiger partial charge in [-0.05, 0) is 23.8 Å². The van der Waals surface area contributed by atoms with E-state index in [4.69, 9.17) is 9.72 Å². The minimum atomic E-state index is -0.400. The number of benzene rings is 1. The van der Waals surface area contributed by atoms with Gasteiger partial charge in [0.05, 0.1) is 16.7 Å². The average Bonchev–Trinajstić information content (AvgIpc) is 2.83. The molecule has 0 amide bonds. The van der Waals surface area contributed by atoms with E-state index in [0.717, 1.165) is 34.0 Å². The topological polar surface area (TPSA) is 42.4 Å². The van der Waals surface area contributed by atoms with Crippen molar-refractivity contribution in [1.29, 1.82) is 0 Å². The smallest absolute Gasteiger partial charge is 0.134 e. The average molecular weight is 303 g/mol. The first-order valence-corrected chi connectivity index (χ1v) is 8.07. The Morgan fingerprint density at radius 3 is 2.71 bits per heavy atom. The summed E-state index contributed by atoms with van der Waals surface area (Å²) in [5, 5.41) is 11.3. The van der Waals surface area contributed by atoms with Gasteiger partial charge in [0, 0.05) is 7.11 Å². The van der Waals surface area contributed by atoms with Crippen LogP contribution in [0.2, 0.25) is 0 Å². The Morgan fingerprint density at radius 1 is 1.33 bits per heavy atom. The maximum Gasteiger partial charge on any atom is 0.134 e. The summed E-state index contributed by atoms with van der Waals surface area (Å²) in [7, 11) is 1.71. The van der Waals surface area contributed by atoms with Crippen LogP contribution in [0.5, 0.6) is 0 Å². The molecule has 2 aromatic rings. The van der Waals surface area contributed by atoms with Crippen LogP contribution in [-0.2, 0) is 11.2 Å². The highest BCUT2D eigenvalue weighted by molar-refractivity contribution is 7.12. The second-order valence-corrected chi connectivity index (χ2v) is 7.51. The zero-order valence-corrected chi connectivity index (χ0v) is 13.5. The van der Waals surface area contributed by atoms with Gasteiger partial charge in [0.15, 0.2) is 0 Å². The molecule has 1 aliphatic rings. The first-order chi connectivity index (χ1) is 10.00. The largest absolute Gasteiger partial charge is 0.387 e. The zero-order valence-electron chi connectivity index (χ0n) is 12.7. The molecule has 1 aliphatic carbocycles. The Balaban J connectivity index is 1.97. The van der Waals surface area contributed by atoms with Gasteiger partial charge in [-0.15, -0.1) is 11.3 Å². The second kappa shape index (κ2) is 5.52. The fraction of sp³-hybridized carbons (Fsp3) is 0.471. The zero-order chi connectivity index (χ0) is 15.0. The van der Waals surface area contributed by atoms with E-state index in [1.165, 1.54) is 0 Å². The van der Waals surface area contributed by atoms with Gasteiger partial charge in [-0.1, -0.05) is 44.2 Å². The van der Waals surface area contributed by atoms with Crippen molar-refractivity contribution in [2.24, 2.45) is 5.41 Å². The number of fused-ring (bicyclic) bond motifs is 1. The lowest BCUT2D eigenvalue weighted by Gasteiger charge is -2.31. The van der Waals surface area contributed by atoms with E-state index in [2.05, 4.69) is 26.0 Å². The molecule has 0 fully saturated rings. The Hall–Kier alpha value is -1.23. The van der Waals surface area contributed by atoms with Gasteiger partial charge in [0.1, 0.15) is 11.1 Å². The van der Waals surface area contributed by atoms with E-state index >= 15 is 0 Å². The van der Waals surface area contributed by atoms with Crippen molar-refractivity contribution >= 4 is 11.3 Å². The third-order valence-corrected chi connectivity index (χ3v) is 5.24. The summed E-state index contributed by atoms with van der Waals surface area (Å²) in [4.78, 5) is 5.79. The summed E-state index contributed by atoms with van der Waals surface area (Å²) in [5.74, 6) is 0. The van der Waals surface area contributed by atoms with E-state index in [-0.39, 0.29) is 11.5 Å². The molecule has 1 aromatic carbocycles. The van der Waals surface area contributed by atoms with Crippen LogP contribution in [0.3, 0.4) is 0 Å². The van der Waals surface area contributed by atoms with E-state index in [1.807, 2.05) is 18.2 Å². The molecule has 0 spiro atoms. The monoisotopic (exact) mass is 303 g/mol. The summed E-state index contributed by atoms with van der Waals surface area (Å²) < 4.78 is 5.65. The van der Waals surface area contributed by atoms with Crippen LogP contribution in [0.4, 0.5) is 0 Å². The third kappa shape index (κ3) is 2.89. The molecule has 0 saturated heterocycles. The normalized spacial score (nSPS) is 21.8. The van der Waals surface area contributed by atoms with Crippen molar-refractivity contribution in [3.05, 3.63) is 51.5 Å². The summed E-state index contributed by atoms with van der Waals surface area (Å²) in [6, 6.07) is 10.1. The minimum Gasteiger partial charge on any atom is -0.387 e. The number of aliphatic hydroxyl groups is 1. The molecule has 1 N–H and O–H groups in total. The number of rotatable bonds is 3. The minimum absolute atomic E-state index is 0.104. The van der Waals surface area contributed by atoms with Crippen LogP contribution < -0.4 is 0 Å². The predicted molar refractivity (Wildman–Crippen MR) is 84.5 cm³/mol. The van der Waals surface area contributed by atoms with Crippen molar-refractivity contribution in [3.63, 3.8) is 0 Å². The van der Waals surface area contributed by atoms with Gasteiger partial charge in [-0.2, -0.15) is 0 Å². The highest BCUT2D eigenvalue weighted by Gasteiger charge is 2.35. The Kier molecular flexibility index (Phi) is 3.86. The van der Waals surface area contributed by atoms with E-state index in [1.54, 1.807) is 18.4 Å². The Labute approximate surface area is 129 Å². The van der Waals surface area contributed by atoms with Crippen LogP contribution in [0.25, 0.3) is 0 Å². The molecular formula is C17H21NO2S. The fourth-order valence-corrected chi connectivity index (χ4v) is 4.21. The lowest BCUT2D eigenvalue weighted by molar-refractivity contribution is 0.102. The Bertz CT molecular complexity index is 621. The number of nitrogens with zero attached hydrogens (tertiary/aromatic N) is 1. The molecular weight excluding hydrogens is 282 g/mol. The van der Waals surface area contributed by atoms with E-state index in [9.17, 15) is 5.11 Å². The van der Waals surface area contributed by atoms with Crippen LogP contribution in [0.1, 0.15) is 53.6 Å². The molecule has 0 saturated carbocycles. The number of aliphatic hydroxyl groups excluding tert-OH is 1. The molecule has 1 aromatic heterocycles. The maximum atomic E-state index is 10.4. The van der Waals surface area contributed by atoms with Crippen molar-refractivity contribution in [2.45, 2.75) is 38.9 Å². The molecule has 112 valence electrons. The van der Waals surface area contributed by atoms with E-state index in [0.29, 0.717) is 0 Å². The van der Waals surface area contributed by atoms with Crippen molar-refractivity contribution in [2.75, 3.05) is 7.11 Å². The van der Waals surface area contributed by atoms with Gasteiger partial charge in [-0.3, -0.25) is 0 Å². The number of hydrogen-bond donors (Lipinski definition) is 1. The Morgan fingerprint density at radius 2 is 2.05 bits per heavy atom. The van der Waals surface area contributed by atoms with Crippen LogP contribution in [0, 0.1) is 5.41 Å². The summed E-state index contributed by atoms with van der Waals surface area (Å²) in [6.45, 7) is 4.37. The number of aromatic nitrogens is 1. The fourth-order valence-electron chi connectivity index (χ4n) is 3.03. The predicted octanol–water partition coefficient (Wildman–Crippen LogP) is 3.88. The molecule has 0 radical (unpaired) electrons.